The molecule has 0 aliphatic carbocycles. The van der Waals surface area contributed by atoms with Gasteiger partial charge in [0.2, 0.25) is 5.91 Å². The van der Waals surface area contributed by atoms with E-state index in [1.54, 1.807) is 12.1 Å². The number of hydrogen-bond acceptors (Lipinski definition) is 3. The maximum atomic E-state index is 14.1. The number of Topliss-reactive ketones (excluding diaryl/α,β-unsaturated/α-hetero) is 1. The number of amides is 1. The molecule has 5 heteroatoms. The van der Waals surface area contributed by atoms with E-state index < -0.39 is 0 Å². The fourth-order valence-electron chi connectivity index (χ4n) is 3.19. The van der Waals surface area contributed by atoms with Gasteiger partial charge in [-0.2, -0.15) is 0 Å². The van der Waals surface area contributed by atoms with Crippen LogP contribution in [0.4, 0.5) is 10.1 Å². The molecule has 2 fully saturated rings. The molecular formula is C15H17FN2O2. The zero-order chi connectivity index (χ0) is 14.3. The fraction of sp³-hybridized carbons (Fsp3) is 0.467. The van der Waals surface area contributed by atoms with Crippen molar-refractivity contribution in [2.75, 3.05) is 24.5 Å². The van der Waals surface area contributed by atoms with Crippen molar-refractivity contribution in [3.63, 3.8) is 0 Å². The Bertz CT molecular complexity index is 573. The van der Waals surface area contributed by atoms with E-state index >= 15 is 0 Å². The molecular weight excluding hydrogens is 259 g/mol. The van der Waals surface area contributed by atoms with Gasteiger partial charge in [0.1, 0.15) is 5.82 Å². The van der Waals surface area contributed by atoms with Crippen molar-refractivity contribution in [1.82, 2.24) is 4.90 Å². The average Bonchev–Trinajstić information content (AvgIpc) is 2.79. The lowest BCUT2D eigenvalue weighted by atomic mass is 10.1. The molecule has 1 atom stereocenters. The van der Waals surface area contributed by atoms with Crippen LogP contribution in [0.1, 0.15) is 30.1 Å². The fourth-order valence-corrected chi connectivity index (χ4v) is 3.19. The molecule has 0 spiro atoms. The Hall–Kier alpha value is -1.91. The zero-order valence-electron chi connectivity index (χ0n) is 11.4. The number of carbonyl (C=O) groups excluding carboxylic acids is 2. The van der Waals surface area contributed by atoms with Crippen molar-refractivity contribution >= 4 is 17.4 Å². The number of ketones is 1. The van der Waals surface area contributed by atoms with Crippen LogP contribution >= 0.6 is 0 Å². The van der Waals surface area contributed by atoms with Gasteiger partial charge in [0.25, 0.3) is 0 Å². The number of piperazine rings is 1. The van der Waals surface area contributed by atoms with Crippen molar-refractivity contribution in [3.05, 3.63) is 29.6 Å². The molecule has 1 amide bonds. The standard InChI is InChI=1S/C15H17FN2O2/c1-10(19)12-3-2-4-13(16)15(12)17-7-8-18-11(9-17)5-6-14(18)20/h2-4,11H,5-9H2,1H3. The number of anilines is 1. The molecule has 1 aromatic carbocycles. The third-order valence-electron chi connectivity index (χ3n) is 4.18. The summed E-state index contributed by atoms with van der Waals surface area (Å²) in [7, 11) is 0. The smallest absolute Gasteiger partial charge is 0.223 e. The van der Waals surface area contributed by atoms with E-state index in [1.165, 1.54) is 13.0 Å². The number of carbonyl (C=O) groups is 2. The summed E-state index contributed by atoms with van der Waals surface area (Å²) in [6, 6.07) is 4.75. The topological polar surface area (TPSA) is 40.6 Å². The highest BCUT2D eigenvalue weighted by Gasteiger charge is 2.36. The van der Waals surface area contributed by atoms with Gasteiger partial charge in [0.05, 0.1) is 5.69 Å². The molecule has 2 aliphatic rings. The van der Waals surface area contributed by atoms with Crippen LogP contribution in [-0.4, -0.2) is 42.3 Å². The van der Waals surface area contributed by atoms with Gasteiger partial charge < -0.3 is 9.80 Å². The predicted octanol–water partition coefficient (Wildman–Crippen LogP) is 1.84. The van der Waals surface area contributed by atoms with Crippen LogP contribution in [0, 0.1) is 5.82 Å². The molecule has 1 aromatic rings. The van der Waals surface area contributed by atoms with Crippen LogP contribution in [0.15, 0.2) is 18.2 Å². The lowest BCUT2D eigenvalue weighted by Gasteiger charge is -2.39. The molecule has 2 aliphatic heterocycles. The maximum Gasteiger partial charge on any atom is 0.223 e. The minimum absolute atomic E-state index is 0.135. The summed E-state index contributed by atoms with van der Waals surface area (Å²) < 4.78 is 14.1. The second kappa shape index (κ2) is 4.89. The maximum absolute atomic E-state index is 14.1. The molecule has 0 bridgehead atoms. The van der Waals surface area contributed by atoms with Gasteiger partial charge in [-0.25, -0.2) is 4.39 Å². The molecule has 4 nitrogen and oxygen atoms in total. The molecule has 0 radical (unpaired) electrons. The third kappa shape index (κ3) is 2.07. The third-order valence-corrected chi connectivity index (χ3v) is 4.18. The quantitative estimate of drug-likeness (QED) is 0.774. The van der Waals surface area contributed by atoms with Crippen LogP contribution in [0.25, 0.3) is 0 Å². The normalized spacial score (nSPS) is 22.1. The van der Waals surface area contributed by atoms with E-state index in [2.05, 4.69) is 0 Å². The summed E-state index contributed by atoms with van der Waals surface area (Å²) in [5.41, 5.74) is 0.807. The minimum atomic E-state index is -0.365. The number of halogens is 1. The van der Waals surface area contributed by atoms with Gasteiger partial charge in [-0.1, -0.05) is 6.07 Å². The zero-order valence-corrected chi connectivity index (χ0v) is 11.4. The van der Waals surface area contributed by atoms with E-state index in [1.807, 2.05) is 9.80 Å². The number of para-hydroxylation sites is 1. The lowest BCUT2D eigenvalue weighted by molar-refractivity contribution is -0.129. The number of rotatable bonds is 2. The van der Waals surface area contributed by atoms with Crippen molar-refractivity contribution in [2.24, 2.45) is 0 Å². The summed E-state index contributed by atoms with van der Waals surface area (Å²) in [6.07, 6.45) is 1.40. The van der Waals surface area contributed by atoms with E-state index in [4.69, 9.17) is 0 Å². The van der Waals surface area contributed by atoms with Crippen LogP contribution in [0.3, 0.4) is 0 Å². The molecule has 2 saturated heterocycles. The Morgan fingerprint density at radius 3 is 2.90 bits per heavy atom. The highest BCUT2D eigenvalue weighted by atomic mass is 19.1. The first kappa shape index (κ1) is 13.1. The van der Waals surface area contributed by atoms with Gasteiger partial charge in [-0.05, 0) is 25.5 Å². The molecule has 0 aromatic heterocycles. The Morgan fingerprint density at radius 2 is 2.15 bits per heavy atom. The van der Waals surface area contributed by atoms with Gasteiger partial charge in [0.15, 0.2) is 5.78 Å². The van der Waals surface area contributed by atoms with Crippen molar-refractivity contribution in [1.29, 1.82) is 0 Å². The molecule has 3 rings (SSSR count). The van der Waals surface area contributed by atoms with Gasteiger partial charge in [-0.15, -0.1) is 0 Å². The minimum Gasteiger partial charge on any atom is -0.365 e. The molecule has 0 saturated carbocycles. The Balaban J connectivity index is 1.91. The van der Waals surface area contributed by atoms with Crippen molar-refractivity contribution in [2.45, 2.75) is 25.8 Å². The van der Waals surface area contributed by atoms with E-state index in [-0.39, 0.29) is 23.5 Å². The van der Waals surface area contributed by atoms with E-state index in [9.17, 15) is 14.0 Å². The second-order valence-corrected chi connectivity index (χ2v) is 5.42. The summed E-state index contributed by atoms with van der Waals surface area (Å²) in [5.74, 6) is -0.310. The van der Waals surface area contributed by atoms with Gasteiger partial charge in [-0.3, -0.25) is 9.59 Å². The molecule has 106 valence electrons. The lowest BCUT2D eigenvalue weighted by Crippen LogP contribution is -2.52. The Morgan fingerprint density at radius 1 is 1.35 bits per heavy atom. The van der Waals surface area contributed by atoms with E-state index in [0.29, 0.717) is 37.3 Å². The first-order valence-corrected chi connectivity index (χ1v) is 6.92. The first-order valence-electron chi connectivity index (χ1n) is 6.92. The monoisotopic (exact) mass is 276 g/mol. The first-order chi connectivity index (χ1) is 9.58. The Labute approximate surface area is 117 Å². The molecule has 0 N–H and O–H groups in total. The summed E-state index contributed by atoms with van der Waals surface area (Å²) in [4.78, 5) is 27.1. The number of nitrogens with zero attached hydrogens (tertiary/aromatic N) is 2. The van der Waals surface area contributed by atoms with E-state index in [0.717, 1.165) is 6.42 Å². The summed E-state index contributed by atoms with van der Waals surface area (Å²) in [6.45, 7) is 3.24. The van der Waals surface area contributed by atoms with Crippen LogP contribution in [0.2, 0.25) is 0 Å². The summed E-state index contributed by atoms with van der Waals surface area (Å²) >= 11 is 0. The number of hydrogen-bond donors (Lipinski definition) is 0. The van der Waals surface area contributed by atoms with Gasteiger partial charge >= 0.3 is 0 Å². The Kier molecular flexibility index (Phi) is 3.20. The average molecular weight is 276 g/mol. The van der Waals surface area contributed by atoms with Crippen molar-refractivity contribution in [3.8, 4) is 0 Å². The molecule has 1 unspecified atom stereocenters. The van der Waals surface area contributed by atoms with Crippen LogP contribution in [-0.2, 0) is 4.79 Å². The number of fused-ring (bicyclic) bond motifs is 1. The molecule has 20 heavy (non-hydrogen) atoms. The predicted molar refractivity (Wildman–Crippen MR) is 73.4 cm³/mol. The second-order valence-electron chi connectivity index (χ2n) is 5.42. The van der Waals surface area contributed by atoms with Crippen molar-refractivity contribution < 1.29 is 14.0 Å². The highest BCUT2D eigenvalue weighted by Crippen LogP contribution is 2.30. The number of benzene rings is 1. The highest BCUT2D eigenvalue weighted by molar-refractivity contribution is 6.00. The molecule has 2 heterocycles. The summed E-state index contributed by atoms with van der Waals surface area (Å²) in [5, 5.41) is 0. The largest absolute Gasteiger partial charge is 0.365 e. The van der Waals surface area contributed by atoms with Crippen LogP contribution < -0.4 is 4.90 Å². The van der Waals surface area contributed by atoms with Gasteiger partial charge in [0, 0.05) is 37.7 Å². The van der Waals surface area contributed by atoms with Crippen LogP contribution in [0.5, 0.6) is 0 Å². The SMILES string of the molecule is CC(=O)c1cccc(F)c1N1CCN2C(=O)CCC2C1.